The lowest BCUT2D eigenvalue weighted by atomic mass is 9.71. The number of hydrogen-bond donors (Lipinski definition) is 1. The molecule has 3 saturated heterocycles. The lowest BCUT2D eigenvalue weighted by Crippen LogP contribution is -2.69. The van der Waals surface area contributed by atoms with Gasteiger partial charge in [0.25, 0.3) is 0 Å². The molecule has 0 amide bonds. The fourth-order valence-corrected chi connectivity index (χ4v) is 3.98. The maximum absolute atomic E-state index is 6.21. The fraction of sp³-hybridized carbons (Fsp3) is 0.625. The van der Waals surface area contributed by atoms with Gasteiger partial charge in [-0.1, -0.05) is 30.3 Å². The van der Waals surface area contributed by atoms with Crippen LogP contribution in [0.4, 0.5) is 0 Å². The second kappa shape index (κ2) is 5.23. The summed E-state index contributed by atoms with van der Waals surface area (Å²) in [7, 11) is 2.25. The van der Waals surface area contributed by atoms with Gasteiger partial charge in [-0.25, -0.2) is 0 Å². The smallest absolute Gasteiger partial charge is 0.0487 e. The number of likely N-dealkylation sites (N-methyl/N-ethyl adjacent to an activating group) is 1. The average Bonchev–Trinajstić information content (AvgIpc) is 2.49. The minimum atomic E-state index is 0.187. The molecule has 2 N–H and O–H groups in total. The molecule has 1 atom stereocenters. The molecule has 3 heterocycles. The molecule has 0 radical (unpaired) electrons. The Labute approximate surface area is 116 Å². The molecule has 0 spiro atoms. The lowest BCUT2D eigenvalue weighted by Gasteiger charge is -2.57. The number of benzene rings is 1. The van der Waals surface area contributed by atoms with Crippen LogP contribution in [0.3, 0.4) is 0 Å². The Bertz CT molecular complexity index is 411. The summed E-state index contributed by atoms with van der Waals surface area (Å²) in [4.78, 5) is 5.10. The third kappa shape index (κ3) is 2.31. The SMILES string of the molecule is CN(Cc1ccccc1)C1(CN)CN2CCC1CC2. The molecule has 1 unspecified atom stereocenters. The highest BCUT2D eigenvalue weighted by Crippen LogP contribution is 2.39. The van der Waals surface area contributed by atoms with E-state index in [1.165, 1.54) is 31.5 Å². The summed E-state index contributed by atoms with van der Waals surface area (Å²) in [6.45, 7) is 5.47. The third-order valence-electron chi connectivity index (χ3n) is 5.22. The van der Waals surface area contributed by atoms with E-state index in [2.05, 4.69) is 47.2 Å². The van der Waals surface area contributed by atoms with E-state index in [0.29, 0.717) is 0 Å². The molecule has 0 aliphatic carbocycles. The zero-order valence-electron chi connectivity index (χ0n) is 11.9. The second-order valence-corrected chi connectivity index (χ2v) is 6.20. The van der Waals surface area contributed by atoms with Crippen LogP contribution in [0.15, 0.2) is 30.3 Å². The molecule has 3 heteroatoms. The highest BCUT2D eigenvalue weighted by molar-refractivity contribution is 5.16. The minimum Gasteiger partial charge on any atom is -0.329 e. The first-order valence-electron chi connectivity index (χ1n) is 7.42. The highest BCUT2D eigenvalue weighted by atomic mass is 15.3. The van der Waals surface area contributed by atoms with E-state index in [4.69, 9.17) is 5.73 Å². The van der Waals surface area contributed by atoms with Crippen molar-refractivity contribution in [2.75, 3.05) is 33.2 Å². The van der Waals surface area contributed by atoms with E-state index in [-0.39, 0.29) is 5.54 Å². The summed E-state index contributed by atoms with van der Waals surface area (Å²) in [5, 5.41) is 0. The van der Waals surface area contributed by atoms with Gasteiger partial charge in [-0.05, 0) is 44.5 Å². The van der Waals surface area contributed by atoms with E-state index < -0.39 is 0 Å². The van der Waals surface area contributed by atoms with Crippen LogP contribution >= 0.6 is 0 Å². The van der Waals surface area contributed by atoms with E-state index >= 15 is 0 Å². The predicted octanol–water partition coefficient (Wildman–Crippen LogP) is 1.54. The standard InChI is InChI=1S/C16H25N3/c1-18(11-14-5-3-2-4-6-14)16(12-17)13-19-9-7-15(16)8-10-19/h2-6,15H,7-13,17H2,1H3. The van der Waals surface area contributed by atoms with Crippen molar-refractivity contribution in [3.8, 4) is 0 Å². The van der Waals surface area contributed by atoms with Crippen molar-refractivity contribution in [1.82, 2.24) is 9.80 Å². The van der Waals surface area contributed by atoms with Crippen LogP contribution in [0, 0.1) is 5.92 Å². The Morgan fingerprint density at radius 3 is 2.47 bits per heavy atom. The van der Waals surface area contributed by atoms with Crippen LogP contribution in [0.1, 0.15) is 18.4 Å². The maximum Gasteiger partial charge on any atom is 0.0487 e. The molecule has 3 aliphatic heterocycles. The molecule has 1 aromatic rings. The summed E-state index contributed by atoms with van der Waals surface area (Å²) in [6, 6.07) is 10.7. The summed E-state index contributed by atoms with van der Waals surface area (Å²) in [5.74, 6) is 0.774. The second-order valence-electron chi connectivity index (χ2n) is 6.20. The molecule has 4 rings (SSSR count). The van der Waals surface area contributed by atoms with Gasteiger partial charge in [-0.2, -0.15) is 0 Å². The maximum atomic E-state index is 6.21. The predicted molar refractivity (Wildman–Crippen MR) is 78.9 cm³/mol. The lowest BCUT2D eigenvalue weighted by molar-refractivity contribution is -0.0596. The first-order chi connectivity index (χ1) is 9.24. The highest BCUT2D eigenvalue weighted by Gasteiger charge is 2.48. The number of fused-ring (bicyclic) bond motifs is 3. The van der Waals surface area contributed by atoms with Gasteiger partial charge < -0.3 is 10.6 Å². The first kappa shape index (κ1) is 13.1. The number of nitrogens with two attached hydrogens (primary N) is 1. The molecule has 104 valence electrons. The van der Waals surface area contributed by atoms with Crippen molar-refractivity contribution in [2.45, 2.75) is 24.9 Å². The number of hydrogen-bond acceptors (Lipinski definition) is 3. The van der Waals surface area contributed by atoms with Crippen LogP contribution in [0.25, 0.3) is 0 Å². The molecule has 3 fully saturated rings. The number of piperidine rings is 3. The largest absolute Gasteiger partial charge is 0.329 e. The Morgan fingerprint density at radius 2 is 1.95 bits per heavy atom. The van der Waals surface area contributed by atoms with E-state index in [0.717, 1.165) is 25.6 Å². The molecule has 0 aromatic heterocycles. The number of nitrogens with zero attached hydrogens (tertiary/aromatic N) is 2. The van der Waals surface area contributed by atoms with Gasteiger partial charge in [-0.3, -0.25) is 4.90 Å². The Hall–Kier alpha value is -0.900. The van der Waals surface area contributed by atoms with Crippen LogP contribution in [0.5, 0.6) is 0 Å². The Morgan fingerprint density at radius 1 is 1.26 bits per heavy atom. The van der Waals surface area contributed by atoms with Crippen LogP contribution in [0.2, 0.25) is 0 Å². The van der Waals surface area contributed by atoms with Gasteiger partial charge in [0, 0.05) is 25.2 Å². The third-order valence-corrected chi connectivity index (χ3v) is 5.22. The molecule has 0 saturated carbocycles. The van der Waals surface area contributed by atoms with E-state index in [1.807, 2.05) is 0 Å². The van der Waals surface area contributed by atoms with Gasteiger partial charge in [0.1, 0.15) is 0 Å². The van der Waals surface area contributed by atoms with Crippen LogP contribution in [-0.4, -0.2) is 48.6 Å². The van der Waals surface area contributed by atoms with Gasteiger partial charge in [0.15, 0.2) is 0 Å². The molecular formula is C16H25N3. The Kier molecular flexibility index (Phi) is 3.61. The topological polar surface area (TPSA) is 32.5 Å². The van der Waals surface area contributed by atoms with Gasteiger partial charge in [0.2, 0.25) is 0 Å². The zero-order valence-corrected chi connectivity index (χ0v) is 11.9. The zero-order chi connectivity index (χ0) is 13.3. The van der Waals surface area contributed by atoms with Crippen molar-refractivity contribution < 1.29 is 0 Å². The first-order valence-corrected chi connectivity index (χ1v) is 7.42. The Balaban J connectivity index is 1.78. The summed E-state index contributed by atoms with van der Waals surface area (Å²) < 4.78 is 0. The summed E-state index contributed by atoms with van der Waals surface area (Å²) >= 11 is 0. The van der Waals surface area contributed by atoms with Crippen molar-refractivity contribution in [2.24, 2.45) is 11.7 Å². The van der Waals surface area contributed by atoms with Crippen LogP contribution < -0.4 is 5.73 Å². The van der Waals surface area contributed by atoms with E-state index in [1.54, 1.807) is 0 Å². The molecular weight excluding hydrogens is 234 g/mol. The van der Waals surface area contributed by atoms with Crippen molar-refractivity contribution in [3.63, 3.8) is 0 Å². The normalized spacial score (nSPS) is 33.8. The van der Waals surface area contributed by atoms with Gasteiger partial charge in [0.05, 0.1) is 0 Å². The minimum absolute atomic E-state index is 0.187. The molecule has 19 heavy (non-hydrogen) atoms. The molecule has 3 nitrogen and oxygen atoms in total. The van der Waals surface area contributed by atoms with Crippen molar-refractivity contribution in [1.29, 1.82) is 0 Å². The van der Waals surface area contributed by atoms with Crippen molar-refractivity contribution in [3.05, 3.63) is 35.9 Å². The average molecular weight is 259 g/mol. The quantitative estimate of drug-likeness (QED) is 0.890. The number of rotatable bonds is 4. The molecule has 3 aliphatic rings. The molecule has 1 aromatic carbocycles. The fourth-order valence-electron chi connectivity index (χ4n) is 3.98. The monoisotopic (exact) mass is 259 g/mol. The summed E-state index contributed by atoms with van der Waals surface area (Å²) in [5.41, 5.74) is 7.78. The van der Waals surface area contributed by atoms with Crippen LogP contribution in [-0.2, 0) is 6.54 Å². The van der Waals surface area contributed by atoms with Gasteiger partial charge in [-0.15, -0.1) is 0 Å². The van der Waals surface area contributed by atoms with E-state index in [9.17, 15) is 0 Å². The summed E-state index contributed by atoms with van der Waals surface area (Å²) in [6.07, 6.45) is 2.63. The van der Waals surface area contributed by atoms with Crippen molar-refractivity contribution >= 4 is 0 Å². The molecule has 2 bridgehead atoms. The van der Waals surface area contributed by atoms with Gasteiger partial charge >= 0.3 is 0 Å².